The van der Waals surface area contributed by atoms with E-state index in [2.05, 4.69) is 10.4 Å². The predicted octanol–water partition coefficient (Wildman–Crippen LogP) is 1.99. The van der Waals surface area contributed by atoms with Crippen LogP contribution in [0.4, 0.5) is 4.39 Å². The molecule has 1 heterocycles. The van der Waals surface area contributed by atoms with E-state index in [4.69, 9.17) is 15.3 Å². The molecule has 0 radical (unpaired) electrons. The number of hydrogen-bond donors (Lipinski definition) is 2. The van der Waals surface area contributed by atoms with E-state index in [1.807, 2.05) is 6.07 Å². The highest BCUT2D eigenvalue weighted by Crippen LogP contribution is 2.26. The molecule has 0 aliphatic heterocycles. The Morgan fingerprint density at radius 3 is 2.62 bits per heavy atom. The summed E-state index contributed by atoms with van der Waals surface area (Å²) in [4.78, 5) is 4.13. The number of hydrazine groups is 1. The number of aromatic nitrogens is 1. The fraction of sp³-hybridized carbons (Fsp3) is 0.267. The smallest absolute Gasteiger partial charge is 0.212 e. The van der Waals surface area contributed by atoms with Gasteiger partial charge in [0.25, 0.3) is 0 Å². The molecule has 3 N–H and O–H groups in total. The molecule has 21 heavy (non-hydrogen) atoms. The van der Waals surface area contributed by atoms with Crippen LogP contribution in [0, 0.1) is 5.82 Å². The molecule has 0 aliphatic rings. The third kappa shape index (κ3) is 3.48. The van der Waals surface area contributed by atoms with E-state index < -0.39 is 5.82 Å². The van der Waals surface area contributed by atoms with Gasteiger partial charge in [0.05, 0.1) is 20.3 Å². The van der Waals surface area contributed by atoms with Crippen LogP contribution in [0.5, 0.6) is 11.6 Å². The number of pyridine rings is 1. The van der Waals surface area contributed by atoms with Crippen molar-refractivity contribution >= 4 is 0 Å². The molecule has 1 aromatic heterocycles. The average molecular weight is 291 g/mol. The highest BCUT2D eigenvalue weighted by Gasteiger charge is 2.18. The Bertz CT molecular complexity index is 590. The molecular weight excluding hydrogens is 273 g/mol. The summed E-state index contributed by atoms with van der Waals surface area (Å²) >= 11 is 0. The quantitative estimate of drug-likeness (QED) is 0.629. The first-order valence-electron chi connectivity index (χ1n) is 6.47. The van der Waals surface area contributed by atoms with E-state index >= 15 is 0 Å². The molecule has 0 saturated heterocycles. The maximum Gasteiger partial charge on any atom is 0.212 e. The first kappa shape index (κ1) is 15.2. The molecular formula is C15H18FN3O2. The van der Waals surface area contributed by atoms with Gasteiger partial charge in [0.15, 0.2) is 11.6 Å². The number of ether oxygens (including phenoxy) is 2. The summed E-state index contributed by atoms with van der Waals surface area (Å²) < 4.78 is 24.3. The summed E-state index contributed by atoms with van der Waals surface area (Å²) in [5.74, 6) is 5.88. The van der Waals surface area contributed by atoms with E-state index in [9.17, 15) is 4.39 Å². The number of benzene rings is 1. The van der Waals surface area contributed by atoms with Gasteiger partial charge in [-0.2, -0.15) is 0 Å². The molecule has 0 amide bonds. The molecule has 112 valence electrons. The summed E-state index contributed by atoms with van der Waals surface area (Å²) in [5, 5.41) is 0. The second-order valence-corrected chi connectivity index (χ2v) is 4.50. The van der Waals surface area contributed by atoms with Crippen LogP contribution in [0.3, 0.4) is 0 Å². The number of rotatable bonds is 6. The van der Waals surface area contributed by atoms with Gasteiger partial charge in [0.1, 0.15) is 0 Å². The minimum absolute atomic E-state index is 0.195. The standard InChI is InChI=1S/C15H18FN3O2/c1-20-13-5-3-4-11(15(13)16)12(19-17)8-10-6-7-14(21-2)18-9-10/h3-7,9,12,19H,8,17H2,1-2H3. The zero-order valence-corrected chi connectivity index (χ0v) is 12.0. The monoisotopic (exact) mass is 291 g/mol. The van der Waals surface area contributed by atoms with Crippen molar-refractivity contribution in [3.05, 3.63) is 53.5 Å². The first-order valence-corrected chi connectivity index (χ1v) is 6.47. The van der Waals surface area contributed by atoms with Gasteiger partial charge in [-0.3, -0.25) is 11.3 Å². The molecule has 2 rings (SSSR count). The second-order valence-electron chi connectivity index (χ2n) is 4.50. The number of nitrogens with two attached hydrogens (primary N) is 1. The summed E-state index contributed by atoms with van der Waals surface area (Å²) in [6.45, 7) is 0. The predicted molar refractivity (Wildman–Crippen MR) is 77.5 cm³/mol. The Balaban J connectivity index is 2.23. The maximum absolute atomic E-state index is 14.3. The number of hydrogen-bond acceptors (Lipinski definition) is 5. The number of halogens is 1. The second kappa shape index (κ2) is 7.01. The van der Waals surface area contributed by atoms with Gasteiger partial charge in [0.2, 0.25) is 5.88 Å². The average Bonchev–Trinajstić information content (AvgIpc) is 2.54. The Kier molecular flexibility index (Phi) is 5.08. The molecule has 1 aromatic carbocycles. The van der Waals surface area contributed by atoms with Crippen molar-refractivity contribution in [2.24, 2.45) is 5.84 Å². The van der Waals surface area contributed by atoms with Crippen molar-refractivity contribution in [1.29, 1.82) is 0 Å². The van der Waals surface area contributed by atoms with E-state index in [0.717, 1.165) is 5.56 Å². The van der Waals surface area contributed by atoms with Gasteiger partial charge in [-0.25, -0.2) is 9.37 Å². The van der Waals surface area contributed by atoms with E-state index in [1.165, 1.54) is 7.11 Å². The van der Waals surface area contributed by atoms with Crippen LogP contribution in [0.15, 0.2) is 36.5 Å². The normalized spacial score (nSPS) is 12.0. The Labute approximate surface area is 122 Å². The van der Waals surface area contributed by atoms with Gasteiger partial charge in [0, 0.05) is 17.8 Å². The Morgan fingerprint density at radius 1 is 1.24 bits per heavy atom. The lowest BCUT2D eigenvalue weighted by molar-refractivity contribution is 0.379. The molecule has 1 unspecified atom stereocenters. The minimum Gasteiger partial charge on any atom is -0.494 e. The third-order valence-electron chi connectivity index (χ3n) is 3.24. The lowest BCUT2D eigenvalue weighted by Gasteiger charge is -2.18. The highest BCUT2D eigenvalue weighted by atomic mass is 19.1. The minimum atomic E-state index is -0.413. The zero-order chi connectivity index (χ0) is 15.2. The largest absolute Gasteiger partial charge is 0.494 e. The number of nitrogens with zero attached hydrogens (tertiary/aromatic N) is 1. The fourth-order valence-electron chi connectivity index (χ4n) is 2.10. The van der Waals surface area contributed by atoms with Crippen LogP contribution in [0.2, 0.25) is 0 Å². The molecule has 1 atom stereocenters. The van der Waals surface area contributed by atoms with Gasteiger partial charge in [-0.15, -0.1) is 0 Å². The summed E-state index contributed by atoms with van der Waals surface area (Å²) in [6.07, 6.45) is 2.18. The Hall–Kier alpha value is -2.18. The van der Waals surface area contributed by atoms with Gasteiger partial charge in [-0.05, 0) is 18.1 Å². The van der Waals surface area contributed by atoms with Crippen molar-refractivity contribution in [2.75, 3.05) is 14.2 Å². The SMILES string of the molecule is COc1ccc(CC(NN)c2cccc(OC)c2F)cn1. The summed E-state index contributed by atoms with van der Waals surface area (Å²) in [7, 11) is 2.98. The van der Waals surface area contributed by atoms with Crippen molar-refractivity contribution in [2.45, 2.75) is 12.5 Å². The fourth-order valence-corrected chi connectivity index (χ4v) is 2.10. The van der Waals surface area contributed by atoms with E-state index in [1.54, 1.807) is 37.6 Å². The van der Waals surface area contributed by atoms with Crippen molar-refractivity contribution in [1.82, 2.24) is 10.4 Å². The number of methoxy groups -OCH3 is 2. The third-order valence-corrected chi connectivity index (χ3v) is 3.24. The van der Waals surface area contributed by atoms with Crippen LogP contribution in [0.25, 0.3) is 0 Å². The van der Waals surface area contributed by atoms with E-state index in [0.29, 0.717) is 17.9 Å². The van der Waals surface area contributed by atoms with Crippen molar-refractivity contribution < 1.29 is 13.9 Å². The number of nitrogens with one attached hydrogen (secondary N) is 1. The highest BCUT2D eigenvalue weighted by molar-refractivity contribution is 5.34. The maximum atomic E-state index is 14.3. The molecule has 6 heteroatoms. The molecule has 0 saturated carbocycles. The van der Waals surface area contributed by atoms with Gasteiger partial charge in [-0.1, -0.05) is 18.2 Å². The summed E-state index contributed by atoms with van der Waals surface area (Å²) in [5.41, 5.74) is 4.00. The van der Waals surface area contributed by atoms with Crippen molar-refractivity contribution in [3.8, 4) is 11.6 Å². The zero-order valence-electron chi connectivity index (χ0n) is 12.0. The topological polar surface area (TPSA) is 69.4 Å². The van der Waals surface area contributed by atoms with Gasteiger partial charge >= 0.3 is 0 Å². The Morgan fingerprint density at radius 2 is 2.05 bits per heavy atom. The van der Waals surface area contributed by atoms with Crippen LogP contribution in [-0.2, 0) is 6.42 Å². The molecule has 5 nitrogen and oxygen atoms in total. The molecule has 0 spiro atoms. The van der Waals surface area contributed by atoms with Crippen LogP contribution < -0.4 is 20.7 Å². The van der Waals surface area contributed by atoms with Crippen LogP contribution in [0.1, 0.15) is 17.2 Å². The lowest BCUT2D eigenvalue weighted by atomic mass is 9.99. The summed E-state index contributed by atoms with van der Waals surface area (Å²) in [6, 6.07) is 8.23. The van der Waals surface area contributed by atoms with Crippen LogP contribution in [-0.4, -0.2) is 19.2 Å². The molecule has 0 fully saturated rings. The van der Waals surface area contributed by atoms with Crippen LogP contribution >= 0.6 is 0 Å². The molecule has 0 aliphatic carbocycles. The van der Waals surface area contributed by atoms with Crippen molar-refractivity contribution in [3.63, 3.8) is 0 Å². The van der Waals surface area contributed by atoms with E-state index in [-0.39, 0.29) is 11.8 Å². The molecule has 0 bridgehead atoms. The van der Waals surface area contributed by atoms with Gasteiger partial charge < -0.3 is 9.47 Å². The first-order chi connectivity index (χ1) is 10.2. The molecule has 2 aromatic rings. The lowest BCUT2D eigenvalue weighted by Crippen LogP contribution is -2.30.